The van der Waals surface area contributed by atoms with Crippen LogP contribution < -0.4 is 4.74 Å². The number of hydrogen-bond acceptors (Lipinski definition) is 2. The zero-order valence-electron chi connectivity index (χ0n) is 8.66. The van der Waals surface area contributed by atoms with Crippen molar-refractivity contribution in [3.8, 4) is 5.75 Å². The van der Waals surface area contributed by atoms with E-state index < -0.39 is 0 Å². The first-order valence-electron chi connectivity index (χ1n) is 4.85. The van der Waals surface area contributed by atoms with Gasteiger partial charge in [0.1, 0.15) is 11.2 Å². The Morgan fingerprint density at radius 2 is 1.76 bits per heavy atom. The van der Waals surface area contributed by atoms with Gasteiger partial charge in [-0.1, -0.05) is 30.3 Å². The lowest BCUT2D eigenvalue weighted by atomic mass is 10.2. The van der Waals surface area contributed by atoms with Crippen molar-refractivity contribution < 1.29 is 4.74 Å². The summed E-state index contributed by atoms with van der Waals surface area (Å²) in [6.07, 6.45) is 0. The molecule has 0 amide bonds. The maximum absolute atomic E-state index is 5.73. The van der Waals surface area contributed by atoms with E-state index in [-0.39, 0.29) is 0 Å². The molecule has 88 valence electrons. The van der Waals surface area contributed by atoms with Gasteiger partial charge in [-0.15, -0.1) is 0 Å². The molecule has 0 spiro atoms. The predicted molar refractivity (Wildman–Crippen MR) is 78.1 cm³/mol. The third-order valence-corrected chi connectivity index (χ3v) is 3.61. The third-order valence-electron chi connectivity index (χ3n) is 2.08. The second kappa shape index (κ2) is 5.98. The molecule has 0 aliphatic heterocycles. The molecule has 0 unspecified atom stereocenters. The summed E-state index contributed by atoms with van der Waals surface area (Å²) in [6.45, 7) is 0.515. The Balaban J connectivity index is 2.15. The highest BCUT2D eigenvalue weighted by atomic mass is 79.9. The van der Waals surface area contributed by atoms with Crippen molar-refractivity contribution in [3.63, 3.8) is 0 Å². The summed E-state index contributed by atoms with van der Waals surface area (Å²) in [5, 5.41) is 0. The van der Waals surface area contributed by atoms with Gasteiger partial charge in [-0.3, -0.25) is 0 Å². The summed E-state index contributed by atoms with van der Waals surface area (Å²) < 4.78 is 8.02. The maximum atomic E-state index is 5.73. The van der Waals surface area contributed by atoms with Crippen LogP contribution in [-0.2, 0) is 6.61 Å². The Labute approximate surface area is 125 Å². The minimum absolute atomic E-state index is 0.515. The van der Waals surface area contributed by atoms with Gasteiger partial charge in [0.25, 0.3) is 0 Å². The Morgan fingerprint density at radius 1 is 1.06 bits per heavy atom. The van der Waals surface area contributed by atoms with E-state index >= 15 is 0 Å². The van der Waals surface area contributed by atoms with E-state index in [0.29, 0.717) is 17.0 Å². The quantitative estimate of drug-likeness (QED) is 0.654. The van der Waals surface area contributed by atoms with Crippen LogP contribution in [0.5, 0.6) is 5.75 Å². The lowest BCUT2D eigenvalue weighted by molar-refractivity contribution is 0.300. The molecular formula is C12H8Br3NO. The first-order chi connectivity index (χ1) is 8.16. The van der Waals surface area contributed by atoms with E-state index in [2.05, 4.69) is 52.8 Å². The van der Waals surface area contributed by atoms with E-state index in [0.717, 1.165) is 14.6 Å². The Hall–Kier alpha value is -0.390. The molecule has 2 rings (SSSR count). The second-order valence-electron chi connectivity index (χ2n) is 3.32. The van der Waals surface area contributed by atoms with Crippen molar-refractivity contribution in [1.29, 1.82) is 0 Å². The molecule has 1 aromatic heterocycles. The number of nitrogens with zero attached hydrogens (tertiary/aromatic N) is 1. The standard InChI is InChI=1S/C12H8Br3NO/c13-9-6-10(14)16-12(15)11(9)17-7-8-4-2-1-3-5-8/h1-6H,7H2. The lowest BCUT2D eigenvalue weighted by Crippen LogP contribution is -1.97. The Bertz CT molecular complexity index is 493. The van der Waals surface area contributed by atoms with Crippen LogP contribution in [0, 0.1) is 0 Å². The summed E-state index contributed by atoms with van der Waals surface area (Å²) in [5.41, 5.74) is 1.12. The summed E-state index contributed by atoms with van der Waals surface area (Å²) in [7, 11) is 0. The van der Waals surface area contributed by atoms with Crippen molar-refractivity contribution in [2.75, 3.05) is 0 Å². The normalized spacial score (nSPS) is 10.3. The van der Waals surface area contributed by atoms with Gasteiger partial charge >= 0.3 is 0 Å². The molecule has 17 heavy (non-hydrogen) atoms. The molecule has 0 bridgehead atoms. The molecule has 1 heterocycles. The van der Waals surface area contributed by atoms with E-state index in [9.17, 15) is 0 Å². The molecule has 0 fully saturated rings. The van der Waals surface area contributed by atoms with Crippen LogP contribution in [0.25, 0.3) is 0 Å². The first kappa shape index (κ1) is 13.1. The molecule has 2 nitrogen and oxygen atoms in total. The van der Waals surface area contributed by atoms with Crippen LogP contribution >= 0.6 is 47.8 Å². The monoisotopic (exact) mass is 419 g/mol. The fraction of sp³-hybridized carbons (Fsp3) is 0.0833. The highest BCUT2D eigenvalue weighted by Gasteiger charge is 2.09. The number of aromatic nitrogens is 1. The molecule has 0 radical (unpaired) electrons. The van der Waals surface area contributed by atoms with Crippen LogP contribution in [0.3, 0.4) is 0 Å². The van der Waals surface area contributed by atoms with E-state index in [1.54, 1.807) is 0 Å². The van der Waals surface area contributed by atoms with E-state index in [4.69, 9.17) is 4.74 Å². The lowest BCUT2D eigenvalue weighted by Gasteiger charge is -2.10. The SMILES string of the molecule is Brc1cc(Br)c(OCc2ccccc2)c(Br)n1. The van der Waals surface area contributed by atoms with Gasteiger partial charge in [-0.25, -0.2) is 4.98 Å². The number of ether oxygens (including phenoxy) is 1. The molecule has 2 aromatic rings. The van der Waals surface area contributed by atoms with Crippen molar-refractivity contribution in [1.82, 2.24) is 4.98 Å². The minimum Gasteiger partial charge on any atom is -0.485 e. The molecule has 5 heteroatoms. The summed E-state index contributed by atoms with van der Waals surface area (Å²) in [6, 6.07) is 11.9. The maximum Gasteiger partial charge on any atom is 0.166 e. The molecule has 0 aliphatic carbocycles. The van der Waals surface area contributed by atoms with Crippen LogP contribution in [0.15, 0.2) is 50.1 Å². The summed E-state index contributed by atoms with van der Waals surface area (Å²) in [5.74, 6) is 0.706. The van der Waals surface area contributed by atoms with Crippen LogP contribution in [-0.4, -0.2) is 4.98 Å². The fourth-order valence-electron chi connectivity index (χ4n) is 1.30. The molecule has 0 N–H and O–H groups in total. The molecule has 0 saturated carbocycles. The highest BCUT2D eigenvalue weighted by molar-refractivity contribution is 9.11. The van der Waals surface area contributed by atoms with Crippen molar-refractivity contribution in [2.45, 2.75) is 6.61 Å². The molecule has 0 saturated heterocycles. The number of hydrogen-bond donors (Lipinski definition) is 0. The van der Waals surface area contributed by atoms with Gasteiger partial charge in [-0.2, -0.15) is 0 Å². The van der Waals surface area contributed by atoms with Gasteiger partial charge in [0.2, 0.25) is 0 Å². The molecular weight excluding hydrogens is 414 g/mol. The van der Waals surface area contributed by atoms with Crippen molar-refractivity contribution in [3.05, 3.63) is 55.6 Å². The van der Waals surface area contributed by atoms with Gasteiger partial charge in [0.05, 0.1) is 4.47 Å². The highest BCUT2D eigenvalue weighted by Crippen LogP contribution is 2.34. The molecule has 0 atom stereocenters. The first-order valence-corrected chi connectivity index (χ1v) is 7.23. The van der Waals surface area contributed by atoms with E-state index in [1.165, 1.54) is 0 Å². The van der Waals surface area contributed by atoms with Crippen molar-refractivity contribution >= 4 is 47.8 Å². The second-order valence-corrected chi connectivity index (χ2v) is 5.74. The topological polar surface area (TPSA) is 22.1 Å². The van der Waals surface area contributed by atoms with Crippen LogP contribution in [0.1, 0.15) is 5.56 Å². The van der Waals surface area contributed by atoms with E-state index in [1.807, 2.05) is 36.4 Å². The molecule has 1 aromatic carbocycles. The third kappa shape index (κ3) is 3.53. The largest absolute Gasteiger partial charge is 0.485 e. The zero-order chi connectivity index (χ0) is 12.3. The minimum atomic E-state index is 0.515. The zero-order valence-corrected chi connectivity index (χ0v) is 13.4. The Kier molecular flexibility index (Phi) is 4.59. The van der Waals surface area contributed by atoms with Gasteiger partial charge in [0, 0.05) is 0 Å². The average molecular weight is 422 g/mol. The molecule has 0 aliphatic rings. The number of benzene rings is 1. The van der Waals surface area contributed by atoms with Gasteiger partial charge in [0.15, 0.2) is 10.4 Å². The predicted octanol–water partition coefficient (Wildman–Crippen LogP) is 4.95. The van der Waals surface area contributed by atoms with Gasteiger partial charge < -0.3 is 4.74 Å². The number of rotatable bonds is 3. The average Bonchev–Trinajstić information content (AvgIpc) is 2.29. The fourth-order valence-corrected chi connectivity index (χ4v) is 3.56. The summed E-state index contributed by atoms with van der Waals surface area (Å²) >= 11 is 10.1. The van der Waals surface area contributed by atoms with Crippen molar-refractivity contribution in [2.24, 2.45) is 0 Å². The smallest absolute Gasteiger partial charge is 0.166 e. The van der Waals surface area contributed by atoms with Crippen LogP contribution in [0.2, 0.25) is 0 Å². The number of pyridine rings is 1. The van der Waals surface area contributed by atoms with Crippen LogP contribution in [0.4, 0.5) is 0 Å². The summed E-state index contributed by atoms with van der Waals surface area (Å²) in [4.78, 5) is 4.23. The Morgan fingerprint density at radius 3 is 2.41 bits per heavy atom. The van der Waals surface area contributed by atoms with Gasteiger partial charge in [-0.05, 0) is 59.4 Å². The number of halogens is 3.